The number of halogens is 5. The molecule has 8 heteroatoms. The number of carbonyl (C=O) groups excluding carboxylic acids is 2. The fourth-order valence-corrected chi connectivity index (χ4v) is 4.92. The first-order valence-corrected chi connectivity index (χ1v) is 12.5. The zero-order valence-electron chi connectivity index (χ0n) is 21.0. The molecule has 0 atom stereocenters. The van der Waals surface area contributed by atoms with E-state index in [1.54, 1.807) is 41.0 Å². The maximum atomic E-state index is 13.4. The van der Waals surface area contributed by atoms with Gasteiger partial charge < -0.3 is 4.57 Å². The van der Waals surface area contributed by atoms with E-state index in [4.69, 9.17) is 0 Å². The van der Waals surface area contributed by atoms with E-state index in [9.17, 15) is 31.5 Å². The second-order valence-electron chi connectivity index (χ2n) is 9.52. The van der Waals surface area contributed by atoms with Gasteiger partial charge in [0, 0.05) is 38.7 Å². The van der Waals surface area contributed by atoms with Gasteiger partial charge in [0.15, 0.2) is 11.6 Å². The minimum atomic E-state index is -4.50. The molecule has 1 heterocycles. The van der Waals surface area contributed by atoms with Crippen LogP contribution in [0.15, 0.2) is 109 Å². The van der Waals surface area contributed by atoms with E-state index in [1.807, 2.05) is 0 Å². The first-order valence-electron chi connectivity index (χ1n) is 12.5. The number of benzene rings is 5. The van der Waals surface area contributed by atoms with Crippen molar-refractivity contribution in [3.63, 3.8) is 0 Å². The van der Waals surface area contributed by atoms with E-state index in [0.717, 1.165) is 12.1 Å². The van der Waals surface area contributed by atoms with Crippen molar-refractivity contribution in [2.45, 2.75) is 6.18 Å². The number of rotatable bonds is 5. The van der Waals surface area contributed by atoms with Crippen LogP contribution in [0.2, 0.25) is 0 Å². The lowest BCUT2D eigenvalue weighted by Gasteiger charge is -2.11. The molecule has 5 aromatic carbocycles. The maximum absolute atomic E-state index is 13.4. The third kappa shape index (κ3) is 4.78. The van der Waals surface area contributed by atoms with Crippen LogP contribution in [0.5, 0.6) is 0 Å². The van der Waals surface area contributed by atoms with E-state index in [-0.39, 0.29) is 22.7 Å². The van der Waals surface area contributed by atoms with Gasteiger partial charge in [-0.15, -0.1) is 0 Å². The van der Waals surface area contributed by atoms with Crippen LogP contribution >= 0.6 is 0 Å². The van der Waals surface area contributed by atoms with Crippen molar-refractivity contribution in [2.75, 3.05) is 0 Å². The minimum Gasteiger partial charge on any atom is -0.309 e. The molecular weight excluding hydrogens is 537 g/mol. The highest BCUT2D eigenvalue weighted by atomic mass is 19.4. The SMILES string of the molecule is O=C(c1ccc(F)cc1)c1ccc2c(c1)c1cc(C(=O)c3ccc(F)cc3)ccc1n2-c1ccc(C(F)(F)F)cc1. The number of hydrogen-bond acceptors (Lipinski definition) is 2. The molecule has 0 spiro atoms. The minimum absolute atomic E-state index is 0.282. The Labute approximate surface area is 230 Å². The number of aromatic nitrogens is 1. The highest BCUT2D eigenvalue weighted by Crippen LogP contribution is 2.36. The van der Waals surface area contributed by atoms with Crippen LogP contribution in [-0.2, 0) is 6.18 Å². The summed E-state index contributed by atoms with van der Waals surface area (Å²) in [7, 11) is 0. The lowest BCUT2D eigenvalue weighted by atomic mass is 9.99. The summed E-state index contributed by atoms with van der Waals surface area (Å²) in [5.74, 6) is -1.65. The predicted molar refractivity (Wildman–Crippen MR) is 145 cm³/mol. The normalized spacial score (nSPS) is 11.7. The van der Waals surface area contributed by atoms with Crippen molar-refractivity contribution in [2.24, 2.45) is 0 Å². The molecule has 0 radical (unpaired) electrons. The summed E-state index contributed by atoms with van der Waals surface area (Å²) in [6.45, 7) is 0. The largest absolute Gasteiger partial charge is 0.416 e. The van der Waals surface area contributed by atoms with Gasteiger partial charge in [-0.2, -0.15) is 13.2 Å². The van der Waals surface area contributed by atoms with Gasteiger partial charge in [0.2, 0.25) is 0 Å². The average molecular weight is 556 g/mol. The van der Waals surface area contributed by atoms with Crippen molar-refractivity contribution in [1.29, 1.82) is 0 Å². The molecule has 0 aliphatic heterocycles. The smallest absolute Gasteiger partial charge is 0.309 e. The van der Waals surface area contributed by atoms with Gasteiger partial charge in [0.25, 0.3) is 0 Å². The Kier molecular flexibility index (Phi) is 6.26. The van der Waals surface area contributed by atoms with Crippen molar-refractivity contribution in [1.82, 2.24) is 4.57 Å². The number of ketones is 2. The molecule has 0 aliphatic carbocycles. The van der Waals surface area contributed by atoms with Crippen LogP contribution in [-0.4, -0.2) is 16.1 Å². The van der Waals surface area contributed by atoms with E-state index in [0.29, 0.717) is 38.6 Å². The molecule has 0 bridgehead atoms. The standard InChI is InChI=1S/C33H18F5NO2/c34-24-9-1-19(2-10-24)31(40)21-5-15-29-27(17-21)28-18-22(32(41)20-3-11-25(35)12-4-20)6-16-30(28)39(29)26-13-7-23(8-14-26)33(36,37)38/h1-18H. The van der Waals surface area contributed by atoms with E-state index < -0.39 is 23.4 Å². The van der Waals surface area contributed by atoms with Gasteiger partial charge in [-0.3, -0.25) is 9.59 Å². The number of nitrogens with zero attached hydrogens (tertiary/aromatic N) is 1. The zero-order valence-corrected chi connectivity index (χ0v) is 21.0. The highest BCUT2D eigenvalue weighted by molar-refractivity contribution is 6.17. The monoisotopic (exact) mass is 555 g/mol. The summed E-state index contributed by atoms with van der Waals surface area (Å²) in [4.78, 5) is 26.4. The molecule has 0 aliphatic rings. The third-order valence-electron chi connectivity index (χ3n) is 6.96. The number of fused-ring (bicyclic) bond motifs is 3. The molecular formula is C33H18F5NO2. The van der Waals surface area contributed by atoms with Crippen molar-refractivity contribution >= 4 is 33.4 Å². The van der Waals surface area contributed by atoms with Gasteiger partial charge in [-0.1, -0.05) is 0 Å². The van der Waals surface area contributed by atoms with Crippen LogP contribution in [0.25, 0.3) is 27.5 Å². The van der Waals surface area contributed by atoms with Gasteiger partial charge in [-0.05, 0) is 109 Å². The van der Waals surface area contributed by atoms with E-state index >= 15 is 0 Å². The van der Waals surface area contributed by atoms with Gasteiger partial charge in [0.05, 0.1) is 16.6 Å². The fourth-order valence-electron chi connectivity index (χ4n) is 4.92. The Balaban J connectivity index is 1.55. The third-order valence-corrected chi connectivity index (χ3v) is 6.96. The quantitative estimate of drug-likeness (QED) is 0.158. The summed E-state index contributed by atoms with van der Waals surface area (Å²) >= 11 is 0. The second kappa shape index (κ2) is 9.82. The Hall–Kier alpha value is -5.11. The Morgan fingerprint density at radius 2 is 0.902 bits per heavy atom. The number of carbonyl (C=O) groups is 2. The number of hydrogen-bond donors (Lipinski definition) is 0. The summed E-state index contributed by atoms with van der Waals surface area (Å²) in [6.07, 6.45) is -4.50. The Morgan fingerprint density at radius 3 is 1.29 bits per heavy atom. The molecule has 0 amide bonds. The molecule has 1 aromatic heterocycles. The second-order valence-corrected chi connectivity index (χ2v) is 9.52. The average Bonchev–Trinajstić information content (AvgIpc) is 3.30. The fraction of sp³-hybridized carbons (Fsp3) is 0.0303. The first-order chi connectivity index (χ1) is 19.6. The molecule has 41 heavy (non-hydrogen) atoms. The lowest BCUT2D eigenvalue weighted by Crippen LogP contribution is -2.05. The summed E-state index contributed by atoms with van der Waals surface area (Å²) < 4.78 is 68.2. The predicted octanol–water partition coefficient (Wildman–Crippen LogP) is 8.54. The van der Waals surface area contributed by atoms with Crippen LogP contribution in [0.1, 0.15) is 37.4 Å². The van der Waals surface area contributed by atoms with Gasteiger partial charge in [-0.25, -0.2) is 8.78 Å². The molecule has 0 saturated carbocycles. The molecule has 0 N–H and O–H groups in total. The van der Waals surface area contributed by atoms with Crippen molar-refractivity contribution < 1.29 is 31.5 Å². The van der Waals surface area contributed by atoms with Gasteiger partial charge >= 0.3 is 6.18 Å². The number of alkyl halides is 3. The Morgan fingerprint density at radius 1 is 0.512 bits per heavy atom. The molecule has 202 valence electrons. The summed E-state index contributed by atoms with van der Waals surface area (Å²) in [5, 5.41) is 1.17. The van der Waals surface area contributed by atoms with E-state index in [1.165, 1.54) is 60.7 Å². The molecule has 0 unspecified atom stereocenters. The lowest BCUT2D eigenvalue weighted by molar-refractivity contribution is -0.137. The molecule has 0 saturated heterocycles. The maximum Gasteiger partial charge on any atom is 0.416 e. The summed E-state index contributed by atoms with van der Waals surface area (Å²) in [5.41, 5.74) is 2.05. The molecule has 6 aromatic rings. The molecule has 0 fully saturated rings. The summed E-state index contributed by atoms with van der Waals surface area (Å²) in [6, 6.07) is 24.8. The van der Waals surface area contributed by atoms with Gasteiger partial charge in [0.1, 0.15) is 11.6 Å². The Bertz CT molecular complexity index is 1840. The van der Waals surface area contributed by atoms with Crippen molar-refractivity contribution in [3.05, 3.63) is 149 Å². The topological polar surface area (TPSA) is 39.1 Å². The van der Waals surface area contributed by atoms with Crippen molar-refractivity contribution in [3.8, 4) is 5.69 Å². The van der Waals surface area contributed by atoms with Crippen LogP contribution in [0.3, 0.4) is 0 Å². The first kappa shape index (κ1) is 26.1. The van der Waals surface area contributed by atoms with E-state index in [2.05, 4.69) is 0 Å². The highest BCUT2D eigenvalue weighted by Gasteiger charge is 2.30. The zero-order chi connectivity index (χ0) is 28.9. The molecule has 6 rings (SSSR count). The van der Waals surface area contributed by atoms with Crippen LogP contribution < -0.4 is 0 Å². The van der Waals surface area contributed by atoms with Crippen LogP contribution in [0.4, 0.5) is 22.0 Å². The van der Waals surface area contributed by atoms with Crippen LogP contribution in [0, 0.1) is 11.6 Å². The molecule has 3 nitrogen and oxygen atoms in total.